The minimum Gasteiger partial charge on any atom is -0.364 e. The van der Waals surface area contributed by atoms with E-state index >= 15 is 0 Å². The van der Waals surface area contributed by atoms with Crippen molar-refractivity contribution in [1.29, 1.82) is 0 Å². The second-order valence-electron chi connectivity index (χ2n) is 5.05. The molecule has 1 aromatic carbocycles. The minimum atomic E-state index is 0.498. The molecule has 0 saturated heterocycles. The van der Waals surface area contributed by atoms with E-state index in [0.29, 0.717) is 12.6 Å². The van der Waals surface area contributed by atoms with Crippen molar-refractivity contribution in [3.05, 3.63) is 59.9 Å². The summed E-state index contributed by atoms with van der Waals surface area (Å²) in [6.45, 7) is 1.46. The van der Waals surface area contributed by atoms with Crippen LogP contribution in [0.3, 0.4) is 0 Å². The van der Waals surface area contributed by atoms with Crippen LogP contribution < -0.4 is 10.6 Å². The number of anilines is 1. The fourth-order valence-corrected chi connectivity index (χ4v) is 2.35. The Morgan fingerprint density at radius 1 is 1.16 bits per heavy atom. The van der Waals surface area contributed by atoms with Gasteiger partial charge in [0, 0.05) is 31.0 Å². The summed E-state index contributed by atoms with van der Waals surface area (Å²) < 4.78 is 0. The molecule has 0 aliphatic heterocycles. The van der Waals surface area contributed by atoms with Gasteiger partial charge in [-0.2, -0.15) is 0 Å². The molecule has 98 valence electrons. The summed E-state index contributed by atoms with van der Waals surface area (Å²) in [7, 11) is 0. The number of aromatic nitrogens is 1. The number of nitrogens with two attached hydrogens (primary N) is 1. The molecule has 0 bridgehead atoms. The van der Waals surface area contributed by atoms with E-state index in [1.54, 1.807) is 0 Å². The molecule has 0 spiro atoms. The smallest absolute Gasteiger partial charge is 0.0560 e. The van der Waals surface area contributed by atoms with Crippen LogP contribution in [0.1, 0.15) is 24.1 Å². The predicted octanol–water partition coefficient (Wildman–Crippen LogP) is 2.71. The van der Waals surface area contributed by atoms with Gasteiger partial charge in [0.25, 0.3) is 0 Å². The summed E-state index contributed by atoms with van der Waals surface area (Å²) >= 11 is 0. The largest absolute Gasteiger partial charge is 0.364 e. The first kappa shape index (κ1) is 12.2. The quantitative estimate of drug-likeness (QED) is 0.891. The predicted molar refractivity (Wildman–Crippen MR) is 77.8 cm³/mol. The van der Waals surface area contributed by atoms with E-state index in [1.165, 1.54) is 24.1 Å². The molecule has 1 saturated carbocycles. The van der Waals surface area contributed by atoms with E-state index in [-0.39, 0.29) is 0 Å². The highest BCUT2D eigenvalue weighted by Crippen LogP contribution is 2.33. The Kier molecular flexibility index (Phi) is 3.47. The molecule has 1 heterocycles. The van der Waals surface area contributed by atoms with Gasteiger partial charge < -0.3 is 10.6 Å². The Bertz CT molecular complexity index is 535. The van der Waals surface area contributed by atoms with Crippen molar-refractivity contribution in [3.63, 3.8) is 0 Å². The lowest BCUT2D eigenvalue weighted by molar-refractivity contribution is 0.790. The molecule has 0 unspecified atom stereocenters. The average molecular weight is 253 g/mol. The first-order valence-electron chi connectivity index (χ1n) is 6.82. The summed E-state index contributed by atoms with van der Waals surface area (Å²) in [4.78, 5) is 6.74. The van der Waals surface area contributed by atoms with Crippen molar-refractivity contribution >= 4 is 5.69 Å². The molecule has 3 rings (SSSR count). The Morgan fingerprint density at radius 2 is 1.95 bits per heavy atom. The minimum absolute atomic E-state index is 0.498. The van der Waals surface area contributed by atoms with Crippen molar-refractivity contribution < 1.29 is 0 Å². The summed E-state index contributed by atoms with van der Waals surface area (Å²) in [6, 6.07) is 15.5. The van der Waals surface area contributed by atoms with Gasteiger partial charge in [-0.25, -0.2) is 0 Å². The zero-order valence-corrected chi connectivity index (χ0v) is 11.0. The molecule has 1 aliphatic carbocycles. The van der Waals surface area contributed by atoms with Crippen LogP contribution >= 0.6 is 0 Å². The van der Waals surface area contributed by atoms with Crippen LogP contribution in [0.2, 0.25) is 0 Å². The van der Waals surface area contributed by atoms with Crippen molar-refractivity contribution in [2.45, 2.75) is 32.0 Å². The van der Waals surface area contributed by atoms with Crippen molar-refractivity contribution in [3.8, 4) is 0 Å². The van der Waals surface area contributed by atoms with E-state index in [1.807, 2.05) is 6.20 Å². The van der Waals surface area contributed by atoms with Crippen LogP contribution in [-0.2, 0) is 13.1 Å². The molecule has 0 radical (unpaired) electrons. The first-order chi connectivity index (χ1) is 9.36. The molecule has 0 atom stereocenters. The Labute approximate surface area is 114 Å². The number of hydrogen-bond acceptors (Lipinski definition) is 3. The van der Waals surface area contributed by atoms with Gasteiger partial charge in [0.1, 0.15) is 0 Å². The molecule has 0 amide bonds. The maximum atomic E-state index is 5.68. The Morgan fingerprint density at radius 3 is 2.63 bits per heavy atom. The monoisotopic (exact) mass is 253 g/mol. The molecule has 1 aliphatic rings. The number of rotatable bonds is 5. The molecular weight excluding hydrogens is 234 g/mol. The second kappa shape index (κ2) is 5.41. The fourth-order valence-electron chi connectivity index (χ4n) is 2.35. The third kappa shape index (κ3) is 2.93. The third-order valence-electron chi connectivity index (χ3n) is 3.52. The molecule has 1 aromatic heterocycles. The fraction of sp³-hybridized carbons (Fsp3) is 0.312. The zero-order chi connectivity index (χ0) is 13.1. The molecule has 1 fully saturated rings. The van der Waals surface area contributed by atoms with Crippen LogP contribution in [0.4, 0.5) is 5.69 Å². The lowest BCUT2D eigenvalue weighted by atomic mass is 10.2. The van der Waals surface area contributed by atoms with Gasteiger partial charge in [-0.15, -0.1) is 0 Å². The number of hydrogen-bond donors (Lipinski definition) is 1. The average Bonchev–Trinajstić information content (AvgIpc) is 3.30. The van der Waals surface area contributed by atoms with Gasteiger partial charge >= 0.3 is 0 Å². The van der Waals surface area contributed by atoms with Crippen LogP contribution in [0.5, 0.6) is 0 Å². The van der Waals surface area contributed by atoms with Crippen LogP contribution in [0, 0.1) is 0 Å². The summed E-state index contributed by atoms with van der Waals surface area (Å²) in [5.74, 6) is 0. The Balaban J connectivity index is 1.84. The molecule has 2 aromatic rings. The Hall–Kier alpha value is -1.87. The van der Waals surface area contributed by atoms with Crippen molar-refractivity contribution in [2.75, 3.05) is 4.90 Å². The SMILES string of the molecule is NCc1cc(N(Cc2ccccc2)C2CC2)ccn1. The standard InChI is InChI=1S/C16H19N3/c17-11-14-10-16(8-9-18-14)19(15-6-7-15)12-13-4-2-1-3-5-13/h1-5,8-10,15H,6-7,11-12,17H2. The van der Waals surface area contributed by atoms with Gasteiger partial charge in [0.2, 0.25) is 0 Å². The van der Waals surface area contributed by atoms with Crippen LogP contribution in [0.25, 0.3) is 0 Å². The maximum absolute atomic E-state index is 5.68. The molecule has 19 heavy (non-hydrogen) atoms. The van der Waals surface area contributed by atoms with Crippen LogP contribution in [0.15, 0.2) is 48.7 Å². The highest BCUT2D eigenvalue weighted by molar-refractivity contribution is 5.49. The van der Waals surface area contributed by atoms with Gasteiger partial charge in [0.15, 0.2) is 0 Å². The molecular formula is C16H19N3. The van der Waals surface area contributed by atoms with Gasteiger partial charge in [-0.3, -0.25) is 4.98 Å². The van der Waals surface area contributed by atoms with E-state index in [9.17, 15) is 0 Å². The topological polar surface area (TPSA) is 42.1 Å². The number of nitrogens with zero attached hydrogens (tertiary/aromatic N) is 2. The van der Waals surface area contributed by atoms with E-state index in [2.05, 4.69) is 52.3 Å². The molecule has 2 N–H and O–H groups in total. The lowest BCUT2D eigenvalue weighted by Gasteiger charge is -2.25. The first-order valence-corrected chi connectivity index (χ1v) is 6.82. The van der Waals surface area contributed by atoms with Gasteiger partial charge in [0.05, 0.1) is 5.69 Å². The highest BCUT2D eigenvalue weighted by atomic mass is 15.2. The van der Waals surface area contributed by atoms with Crippen molar-refractivity contribution in [1.82, 2.24) is 4.98 Å². The summed E-state index contributed by atoms with van der Waals surface area (Å²) in [5.41, 5.74) is 9.22. The maximum Gasteiger partial charge on any atom is 0.0560 e. The van der Waals surface area contributed by atoms with Crippen LogP contribution in [-0.4, -0.2) is 11.0 Å². The summed E-state index contributed by atoms with van der Waals surface area (Å²) in [5, 5.41) is 0. The van der Waals surface area contributed by atoms with E-state index in [4.69, 9.17) is 5.73 Å². The highest BCUT2D eigenvalue weighted by Gasteiger charge is 2.29. The molecule has 3 nitrogen and oxygen atoms in total. The lowest BCUT2D eigenvalue weighted by Crippen LogP contribution is -2.25. The number of benzene rings is 1. The third-order valence-corrected chi connectivity index (χ3v) is 3.52. The van der Waals surface area contributed by atoms with E-state index in [0.717, 1.165) is 12.2 Å². The number of pyridine rings is 1. The zero-order valence-electron chi connectivity index (χ0n) is 11.0. The van der Waals surface area contributed by atoms with E-state index < -0.39 is 0 Å². The van der Waals surface area contributed by atoms with Gasteiger partial charge in [-0.1, -0.05) is 30.3 Å². The molecule has 3 heteroatoms. The van der Waals surface area contributed by atoms with Gasteiger partial charge in [-0.05, 0) is 30.5 Å². The van der Waals surface area contributed by atoms with Crippen molar-refractivity contribution in [2.24, 2.45) is 5.73 Å². The second-order valence-corrected chi connectivity index (χ2v) is 5.05. The summed E-state index contributed by atoms with van der Waals surface area (Å²) in [6.07, 6.45) is 4.43. The normalized spacial score (nSPS) is 14.4.